The maximum absolute atomic E-state index is 13.7. The van der Waals surface area contributed by atoms with Gasteiger partial charge >= 0.3 is 12.1 Å². The number of ether oxygens (including phenoxy) is 3. The number of hydrogen-bond donors (Lipinski definition) is 3. The third-order valence-corrected chi connectivity index (χ3v) is 7.53. The van der Waals surface area contributed by atoms with Gasteiger partial charge in [0.1, 0.15) is 16.3 Å². The Hall–Kier alpha value is -3.26. The van der Waals surface area contributed by atoms with Crippen LogP contribution in [0.4, 0.5) is 19.7 Å². The molecular formula is C29H42FN5O6S. The van der Waals surface area contributed by atoms with Crippen LogP contribution in [-0.4, -0.2) is 99.1 Å². The van der Waals surface area contributed by atoms with E-state index in [4.69, 9.17) is 19.9 Å². The summed E-state index contributed by atoms with van der Waals surface area (Å²) in [4.78, 5) is 41.4. The fourth-order valence-electron chi connectivity index (χ4n) is 4.34. The molecule has 1 fully saturated rings. The number of amides is 4. The van der Waals surface area contributed by atoms with Gasteiger partial charge < -0.3 is 35.5 Å². The maximum Gasteiger partial charge on any atom is 0.410 e. The lowest BCUT2D eigenvalue weighted by Crippen LogP contribution is -2.48. The quantitative estimate of drug-likeness (QED) is 0.291. The molecule has 1 aromatic carbocycles. The molecule has 1 atom stereocenters. The Kier molecular flexibility index (Phi) is 12.5. The average molecular weight is 608 g/mol. The number of urea groups is 1. The molecule has 11 nitrogen and oxygen atoms in total. The Labute approximate surface area is 250 Å². The number of halogens is 1. The van der Waals surface area contributed by atoms with Crippen molar-refractivity contribution in [1.82, 2.24) is 15.1 Å². The predicted octanol–water partition coefficient (Wildman–Crippen LogP) is 4.14. The van der Waals surface area contributed by atoms with Crippen LogP contribution in [-0.2, 0) is 14.2 Å². The number of thiophene rings is 1. The van der Waals surface area contributed by atoms with Crippen molar-refractivity contribution in [3.8, 4) is 10.4 Å². The van der Waals surface area contributed by atoms with Crippen LogP contribution >= 0.6 is 11.3 Å². The zero-order valence-corrected chi connectivity index (χ0v) is 25.6. The summed E-state index contributed by atoms with van der Waals surface area (Å²) in [5, 5.41) is 5.59. The fourth-order valence-corrected chi connectivity index (χ4v) is 5.36. The average Bonchev–Trinajstić information content (AvgIpc) is 3.32. The lowest BCUT2D eigenvalue weighted by atomic mass is 10.1. The molecule has 0 aliphatic carbocycles. The molecule has 1 aliphatic rings. The highest BCUT2D eigenvalue weighted by Crippen LogP contribution is 2.35. The molecule has 4 amide bonds. The molecule has 0 spiro atoms. The van der Waals surface area contributed by atoms with Gasteiger partial charge in [0, 0.05) is 37.6 Å². The molecule has 42 heavy (non-hydrogen) atoms. The van der Waals surface area contributed by atoms with Crippen molar-refractivity contribution in [2.45, 2.75) is 45.3 Å². The van der Waals surface area contributed by atoms with E-state index < -0.39 is 17.4 Å². The summed E-state index contributed by atoms with van der Waals surface area (Å²) in [6, 6.07) is 6.83. The minimum atomic E-state index is -0.782. The van der Waals surface area contributed by atoms with Crippen molar-refractivity contribution >= 4 is 35.1 Å². The van der Waals surface area contributed by atoms with Crippen molar-refractivity contribution in [2.75, 3.05) is 65.0 Å². The number of anilines is 1. The Balaban J connectivity index is 1.39. The van der Waals surface area contributed by atoms with E-state index in [9.17, 15) is 18.8 Å². The number of piperidine rings is 1. The SMILES string of the molecule is CN(CCOCCOCCN1CCC[C@H](NC(=O)c2sc(-c3cccc(F)c3)cc2NC(N)=O)C1)C(=O)OC(C)(C)C. The molecule has 13 heteroatoms. The maximum atomic E-state index is 13.7. The minimum absolute atomic E-state index is 0.0716. The van der Waals surface area contributed by atoms with Crippen molar-refractivity contribution in [2.24, 2.45) is 5.73 Å². The second-order valence-electron chi connectivity index (χ2n) is 11.1. The Bertz CT molecular complexity index is 1200. The van der Waals surface area contributed by atoms with Gasteiger partial charge in [-0.3, -0.25) is 9.69 Å². The first kappa shape index (κ1) is 33.2. The van der Waals surface area contributed by atoms with Gasteiger partial charge in [0.15, 0.2) is 0 Å². The molecular weight excluding hydrogens is 565 g/mol. The van der Waals surface area contributed by atoms with Gasteiger partial charge in [-0.15, -0.1) is 11.3 Å². The number of carbonyl (C=O) groups is 3. The topological polar surface area (TPSA) is 135 Å². The lowest BCUT2D eigenvalue weighted by molar-refractivity contribution is 0.0133. The highest BCUT2D eigenvalue weighted by Gasteiger charge is 2.25. The predicted molar refractivity (Wildman–Crippen MR) is 160 cm³/mol. The van der Waals surface area contributed by atoms with Gasteiger partial charge in [-0.1, -0.05) is 12.1 Å². The summed E-state index contributed by atoms with van der Waals surface area (Å²) in [5.41, 5.74) is 5.68. The van der Waals surface area contributed by atoms with Gasteiger partial charge in [0.2, 0.25) is 0 Å². The van der Waals surface area contributed by atoms with E-state index in [1.54, 1.807) is 25.2 Å². The van der Waals surface area contributed by atoms with E-state index >= 15 is 0 Å². The van der Waals surface area contributed by atoms with Crippen molar-refractivity contribution in [3.63, 3.8) is 0 Å². The molecule has 3 rings (SSSR count). The van der Waals surface area contributed by atoms with Crippen LogP contribution in [0.15, 0.2) is 30.3 Å². The van der Waals surface area contributed by atoms with Gasteiger partial charge in [-0.2, -0.15) is 0 Å². The summed E-state index contributed by atoms with van der Waals surface area (Å²) < 4.78 is 30.3. The first-order valence-corrected chi connectivity index (χ1v) is 14.8. The van der Waals surface area contributed by atoms with Gasteiger partial charge in [-0.05, 0) is 63.9 Å². The largest absolute Gasteiger partial charge is 0.444 e. The molecule has 0 bridgehead atoms. The number of hydrogen-bond acceptors (Lipinski definition) is 8. The molecule has 2 aromatic rings. The standard InChI is InChI=1S/C29H42FN5O6S/c1-29(2,3)41-28(38)34(4)11-13-39-15-16-40-14-12-35-10-6-9-22(19-35)32-26(36)25-23(33-27(31)37)18-24(42-25)20-7-5-8-21(30)17-20/h5,7-8,17-18,22H,6,9-16,19H2,1-4H3,(H,32,36)(H3,31,33,37)/t22-/m0/s1. The number of primary amides is 1. The monoisotopic (exact) mass is 607 g/mol. The molecule has 1 aliphatic heterocycles. The molecule has 0 radical (unpaired) electrons. The minimum Gasteiger partial charge on any atom is -0.444 e. The molecule has 1 aromatic heterocycles. The first-order chi connectivity index (χ1) is 19.9. The van der Waals surface area contributed by atoms with Crippen LogP contribution in [0.5, 0.6) is 0 Å². The Morgan fingerprint density at radius 1 is 1.14 bits per heavy atom. The van der Waals surface area contributed by atoms with Crippen molar-refractivity contribution in [1.29, 1.82) is 0 Å². The van der Waals surface area contributed by atoms with Crippen LogP contribution < -0.4 is 16.4 Å². The molecule has 1 saturated heterocycles. The Morgan fingerprint density at radius 2 is 1.88 bits per heavy atom. The number of nitrogens with two attached hydrogens (primary N) is 1. The van der Waals surface area contributed by atoms with Crippen LogP contribution in [0, 0.1) is 5.82 Å². The Morgan fingerprint density at radius 3 is 2.57 bits per heavy atom. The van der Waals surface area contributed by atoms with Gasteiger partial charge in [0.05, 0.1) is 32.1 Å². The molecule has 0 unspecified atom stereocenters. The first-order valence-electron chi connectivity index (χ1n) is 14.0. The highest BCUT2D eigenvalue weighted by molar-refractivity contribution is 7.18. The third-order valence-electron chi connectivity index (χ3n) is 6.35. The number of nitrogens with one attached hydrogen (secondary N) is 2. The van der Waals surface area contributed by atoms with E-state index in [1.165, 1.54) is 28.4 Å². The highest BCUT2D eigenvalue weighted by atomic mass is 32.1. The third kappa shape index (κ3) is 11.2. The summed E-state index contributed by atoms with van der Waals surface area (Å²) in [6.07, 6.45) is 1.37. The van der Waals surface area contributed by atoms with Crippen molar-refractivity contribution < 1.29 is 33.0 Å². The summed E-state index contributed by atoms with van der Waals surface area (Å²) in [6.45, 7) is 9.95. The number of carbonyl (C=O) groups excluding carboxylic acids is 3. The second kappa shape index (κ2) is 15.8. The summed E-state index contributed by atoms with van der Waals surface area (Å²) in [7, 11) is 1.67. The van der Waals surface area contributed by atoms with Crippen molar-refractivity contribution in [3.05, 3.63) is 41.0 Å². The number of nitrogens with zero attached hydrogens (tertiary/aromatic N) is 2. The van der Waals surface area contributed by atoms with E-state index in [0.29, 0.717) is 67.1 Å². The summed E-state index contributed by atoms with van der Waals surface area (Å²) >= 11 is 1.17. The number of rotatable bonds is 13. The zero-order chi connectivity index (χ0) is 30.7. The number of benzene rings is 1. The number of likely N-dealkylation sites (tertiary alicyclic amines) is 1. The van der Waals surface area contributed by atoms with Crippen LogP contribution in [0.25, 0.3) is 10.4 Å². The summed E-state index contributed by atoms with van der Waals surface area (Å²) in [5.74, 6) is -0.706. The van der Waals surface area contributed by atoms with E-state index in [0.717, 1.165) is 19.4 Å². The van der Waals surface area contributed by atoms with E-state index in [1.807, 2.05) is 20.8 Å². The van der Waals surface area contributed by atoms with Crippen LogP contribution in [0.2, 0.25) is 0 Å². The van der Waals surface area contributed by atoms with Gasteiger partial charge in [0.25, 0.3) is 5.91 Å². The van der Waals surface area contributed by atoms with Crippen LogP contribution in [0.3, 0.4) is 0 Å². The smallest absolute Gasteiger partial charge is 0.410 e. The molecule has 232 valence electrons. The molecule has 2 heterocycles. The zero-order valence-electron chi connectivity index (χ0n) is 24.7. The fraction of sp³-hybridized carbons (Fsp3) is 0.552. The number of likely N-dealkylation sites (N-methyl/N-ethyl adjacent to an activating group) is 1. The van der Waals surface area contributed by atoms with E-state index in [2.05, 4.69) is 15.5 Å². The molecule has 0 saturated carbocycles. The lowest BCUT2D eigenvalue weighted by Gasteiger charge is -2.33. The van der Waals surface area contributed by atoms with Gasteiger partial charge in [-0.25, -0.2) is 14.0 Å². The second-order valence-corrected chi connectivity index (χ2v) is 12.1. The van der Waals surface area contributed by atoms with E-state index in [-0.39, 0.29) is 18.0 Å². The molecule has 4 N–H and O–H groups in total. The van der Waals surface area contributed by atoms with Crippen LogP contribution in [0.1, 0.15) is 43.3 Å². The normalized spacial score (nSPS) is 15.7.